The van der Waals surface area contributed by atoms with Crippen molar-refractivity contribution in [1.82, 2.24) is 20.6 Å². The third-order valence-corrected chi connectivity index (χ3v) is 4.70. The highest BCUT2D eigenvalue weighted by molar-refractivity contribution is 7.18. The van der Waals surface area contributed by atoms with Crippen LogP contribution in [0.4, 0.5) is 0 Å². The van der Waals surface area contributed by atoms with Gasteiger partial charge in [-0.15, -0.1) is 23.7 Å². The molecular formula is C15H23ClN4O2S. The zero-order valence-corrected chi connectivity index (χ0v) is 15.2. The molecule has 0 bridgehead atoms. The van der Waals surface area contributed by atoms with Gasteiger partial charge in [0.25, 0.3) is 5.56 Å². The average molecular weight is 359 g/mol. The van der Waals surface area contributed by atoms with Crippen LogP contribution in [-0.2, 0) is 11.2 Å². The lowest BCUT2D eigenvalue weighted by molar-refractivity contribution is -0.121. The number of amides is 1. The van der Waals surface area contributed by atoms with Gasteiger partial charge in [0.2, 0.25) is 5.91 Å². The van der Waals surface area contributed by atoms with E-state index in [4.69, 9.17) is 0 Å². The number of aromatic nitrogens is 2. The first-order valence-corrected chi connectivity index (χ1v) is 8.24. The van der Waals surface area contributed by atoms with E-state index in [1.165, 1.54) is 11.3 Å². The van der Waals surface area contributed by atoms with E-state index in [0.29, 0.717) is 30.6 Å². The molecule has 0 atom stereocenters. The van der Waals surface area contributed by atoms with Crippen LogP contribution in [0.15, 0.2) is 4.79 Å². The second-order valence-electron chi connectivity index (χ2n) is 5.28. The van der Waals surface area contributed by atoms with Crippen molar-refractivity contribution in [2.24, 2.45) is 0 Å². The Hall–Kier alpha value is -1.44. The minimum Gasteiger partial charge on any atom is -0.356 e. The van der Waals surface area contributed by atoms with Crippen LogP contribution in [0.25, 0.3) is 10.2 Å². The fourth-order valence-electron chi connectivity index (χ4n) is 2.23. The number of halogens is 1. The van der Waals surface area contributed by atoms with Crippen LogP contribution >= 0.6 is 23.7 Å². The number of nitrogens with one attached hydrogen (secondary N) is 3. The predicted octanol–water partition coefficient (Wildman–Crippen LogP) is 1.68. The predicted molar refractivity (Wildman–Crippen MR) is 96.8 cm³/mol. The number of fused-ring (bicyclic) bond motifs is 1. The molecule has 0 saturated carbocycles. The third kappa shape index (κ3) is 5.02. The van der Waals surface area contributed by atoms with E-state index in [9.17, 15) is 9.59 Å². The summed E-state index contributed by atoms with van der Waals surface area (Å²) < 4.78 is 0. The summed E-state index contributed by atoms with van der Waals surface area (Å²) in [7, 11) is 1.88. The topological polar surface area (TPSA) is 86.9 Å². The summed E-state index contributed by atoms with van der Waals surface area (Å²) in [5.41, 5.74) is 0.874. The monoisotopic (exact) mass is 358 g/mol. The number of rotatable bonds is 7. The van der Waals surface area contributed by atoms with E-state index >= 15 is 0 Å². The molecule has 0 saturated heterocycles. The SMILES string of the molecule is CNCCCNC(=O)CCc1nc2sc(C)c(C)c2c(=O)[nH]1.Cl. The van der Waals surface area contributed by atoms with Crippen molar-refractivity contribution in [3.05, 3.63) is 26.6 Å². The Morgan fingerprint density at radius 1 is 1.30 bits per heavy atom. The molecule has 2 rings (SSSR count). The molecule has 0 unspecified atom stereocenters. The summed E-state index contributed by atoms with van der Waals surface area (Å²) in [4.78, 5) is 33.0. The minimum absolute atomic E-state index is 0. The van der Waals surface area contributed by atoms with Crippen LogP contribution < -0.4 is 16.2 Å². The number of thiophene rings is 1. The number of nitrogens with zero attached hydrogens (tertiary/aromatic N) is 1. The van der Waals surface area contributed by atoms with Crippen molar-refractivity contribution in [3.63, 3.8) is 0 Å². The number of hydrogen-bond donors (Lipinski definition) is 3. The molecule has 0 aliphatic carbocycles. The minimum atomic E-state index is -0.115. The molecule has 6 nitrogen and oxygen atoms in total. The van der Waals surface area contributed by atoms with Gasteiger partial charge in [-0.25, -0.2) is 4.98 Å². The van der Waals surface area contributed by atoms with Crippen LogP contribution in [-0.4, -0.2) is 36.0 Å². The molecule has 23 heavy (non-hydrogen) atoms. The number of H-pyrrole nitrogens is 1. The summed E-state index contributed by atoms with van der Waals surface area (Å²) in [5, 5.41) is 6.55. The summed E-state index contributed by atoms with van der Waals surface area (Å²) >= 11 is 1.52. The zero-order chi connectivity index (χ0) is 16.1. The first kappa shape index (κ1) is 19.6. The highest BCUT2D eigenvalue weighted by atomic mass is 35.5. The summed E-state index contributed by atoms with van der Waals surface area (Å²) in [6.45, 7) is 5.46. The van der Waals surface area contributed by atoms with Gasteiger partial charge in [-0.2, -0.15) is 0 Å². The maximum absolute atomic E-state index is 12.1. The number of carbonyl (C=O) groups excluding carboxylic acids is 1. The molecule has 0 aliphatic rings. The molecule has 3 N–H and O–H groups in total. The lowest BCUT2D eigenvalue weighted by atomic mass is 10.2. The largest absolute Gasteiger partial charge is 0.356 e. The standard InChI is InChI=1S/C15H22N4O2S.ClH/c1-9-10(2)22-15-13(9)14(21)18-11(19-15)5-6-12(20)17-8-4-7-16-3;/h16H,4-8H2,1-3H3,(H,17,20)(H,18,19,21);1H. The Kier molecular flexibility index (Phi) is 7.67. The maximum atomic E-state index is 12.1. The van der Waals surface area contributed by atoms with Crippen molar-refractivity contribution in [1.29, 1.82) is 0 Å². The van der Waals surface area contributed by atoms with Crippen molar-refractivity contribution >= 4 is 39.9 Å². The summed E-state index contributed by atoms with van der Waals surface area (Å²) in [5.74, 6) is 0.557. The van der Waals surface area contributed by atoms with Crippen LogP contribution in [0, 0.1) is 13.8 Å². The zero-order valence-electron chi connectivity index (χ0n) is 13.6. The summed E-state index contributed by atoms with van der Waals surface area (Å²) in [6.07, 6.45) is 1.67. The van der Waals surface area contributed by atoms with Crippen molar-refractivity contribution < 1.29 is 4.79 Å². The van der Waals surface area contributed by atoms with Crippen molar-refractivity contribution in [2.75, 3.05) is 20.1 Å². The van der Waals surface area contributed by atoms with Crippen LogP contribution in [0.3, 0.4) is 0 Å². The number of aromatic amines is 1. The van der Waals surface area contributed by atoms with E-state index in [-0.39, 0.29) is 23.9 Å². The highest BCUT2D eigenvalue weighted by Crippen LogP contribution is 2.25. The second-order valence-corrected chi connectivity index (χ2v) is 6.49. The normalized spacial score (nSPS) is 10.6. The lowest BCUT2D eigenvalue weighted by Gasteiger charge is -2.05. The Balaban J connectivity index is 0.00000264. The van der Waals surface area contributed by atoms with E-state index in [1.807, 2.05) is 20.9 Å². The van der Waals surface area contributed by atoms with E-state index in [1.54, 1.807) is 0 Å². The Labute approximate surface area is 145 Å². The summed E-state index contributed by atoms with van der Waals surface area (Å²) in [6, 6.07) is 0. The molecule has 1 amide bonds. The smallest absolute Gasteiger partial charge is 0.259 e. The second kappa shape index (κ2) is 9.00. The van der Waals surface area contributed by atoms with E-state index in [2.05, 4.69) is 20.6 Å². The molecule has 0 aromatic carbocycles. The van der Waals surface area contributed by atoms with Gasteiger partial charge in [0, 0.05) is 24.3 Å². The van der Waals surface area contributed by atoms with Gasteiger partial charge < -0.3 is 15.6 Å². The molecule has 0 aliphatic heterocycles. The highest BCUT2D eigenvalue weighted by Gasteiger charge is 2.12. The number of hydrogen-bond acceptors (Lipinski definition) is 5. The average Bonchev–Trinajstić information content (AvgIpc) is 2.77. The maximum Gasteiger partial charge on any atom is 0.259 e. The molecule has 0 spiro atoms. The van der Waals surface area contributed by atoms with E-state index < -0.39 is 0 Å². The van der Waals surface area contributed by atoms with Gasteiger partial charge in [0.05, 0.1) is 5.39 Å². The fraction of sp³-hybridized carbons (Fsp3) is 0.533. The Morgan fingerprint density at radius 2 is 2.04 bits per heavy atom. The van der Waals surface area contributed by atoms with Crippen molar-refractivity contribution in [3.8, 4) is 0 Å². The van der Waals surface area contributed by atoms with Gasteiger partial charge in [-0.1, -0.05) is 0 Å². The van der Waals surface area contributed by atoms with Crippen LogP contribution in [0.5, 0.6) is 0 Å². The molecule has 0 radical (unpaired) electrons. The Bertz CT molecular complexity index is 726. The van der Waals surface area contributed by atoms with Crippen LogP contribution in [0.2, 0.25) is 0 Å². The first-order valence-electron chi connectivity index (χ1n) is 7.43. The molecule has 2 heterocycles. The quantitative estimate of drug-likeness (QED) is 0.657. The van der Waals surface area contributed by atoms with Crippen molar-refractivity contribution in [2.45, 2.75) is 33.1 Å². The van der Waals surface area contributed by atoms with E-state index in [0.717, 1.165) is 28.2 Å². The van der Waals surface area contributed by atoms with Gasteiger partial charge in [-0.05, 0) is 39.4 Å². The number of aryl methyl sites for hydroxylation is 3. The lowest BCUT2D eigenvalue weighted by Crippen LogP contribution is -2.27. The molecule has 2 aromatic rings. The molecular weight excluding hydrogens is 336 g/mol. The molecule has 128 valence electrons. The third-order valence-electron chi connectivity index (χ3n) is 3.60. The first-order chi connectivity index (χ1) is 10.5. The van der Waals surface area contributed by atoms with Gasteiger partial charge >= 0.3 is 0 Å². The van der Waals surface area contributed by atoms with Crippen LogP contribution in [0.1, 0.15) is 29.1 Å². The molecule has 8 heteroatoms. The fourth-order valence-corrected chi connectivity index (χ4v) is 3.28. The van der Waals surface area contributed by atoms with Gasteiger partial charge in [0.1, 0.15) is 10.7 Å². The molecule has 0 fully saturated rings. The van der Waals surface area contributed by atoms with Gasteiger partial charge in [0.15, 0.2) is 0 Å². The number of carbonyl (C=O) groups is 1. The molecule has 2 aromatic heterocycles. The Morgan fingerprint density at radius 3 is 2.74 bits per heavy atom. The van der Waals surface area contributed by atoms with Gasteiger partial charge in [-0.3, -0.25) is 9.59 Å².